The van der Waals surface area contributed by atoms with Gasteiger partial charge in [-0.1, -0.05) is 11.6 Å². The van der Waals surface area contributed by atoms with E-state index in [9.17, 15) is 0 Å². The van der Waals surface area contributed by atoms with Crippen molar-refractivity contribution in [1.29, 1.82) is 5.41 Å². The first-order valence-corrected chi connectivity index (χ1v) is 1.34. The van der Waals surface area contributed by atoms with Crippen LogP contribution in [-0.2, 0) is 4.79 Å². The lowest BCUT2D eigenvalue weighted by atomic mass is 10.9. The standard InChI is InChI=1S/C2H2ClNO/c3-2(4)1-5/h1,4H. The normalized spacial score (nSPS) is 6.60. The Morgan fingerprint density at radius 2 is 2.20 bits per heavy atom. The Kier molecular flexibility index (Phi) is 1.76. The fraction of sp³-hybridized carbons (Fsp3) is 0. The Balaban J connectivity index is 3.20. The highest BCUT2D eigenvalue weighted by molar-refractivity contribution is 6.78. The van der Waals surface area contributed by atoms with Crippen LogP contribution in [0.1, 0.15) is 0 Å². The maximum absolute atomic E-state index is 9.15. The Morgan fingerprint density at radius 3 is 2.20 bits per heavy atom. The first-order valence-electron chi connectivity index (χ1n) is 0.963. The van der Waals surface area contributed by atoms with Gasteiger partial charge in [-0.25, -0.2) is 0 Å². The lowest BCUT2D eigenvalue weighted by Gasteiger charge is -1.59. The molecule has 0 radical (unpaired) electrons. The minimum atomic E-state index is -0.454. The van der Waals surface area contributed by atoms with Crippen LogP contribution >= 0.6 is 11.6 Å². The fourth-order valence-corrected chi connectivity index (χ4v) is 0. The van der Waals surface area contributed by atoms with Crippen molar-refractivity contribution >= 4 is 23.1 Å². The van der Waals surface area contributed by atoms with Crippen LogP contribution in [0, 0.1) is 5.41 Å². The van der Waals surface area contributed by atoms with Crippen LogP contribution in [0.4, 0.5) is 0 Å². The molecule has 0 aromatic carbocycles. The molecule has 0 atom stereocenters. The number of nitrogens with one attached hydrogen (secondary N) is 1. The molecule has 0 saturated heterocycles. The summed E-state index contributed by atoms with van der Waals surface area (Å²) in [6.45, 7) is 0. The van der Waals surface area contributed by atoms with E-state index in [4.69, 9.17) is 10.2 Å². The van der Waals surface area contributed by atoms with Gasteiger partial charge in [-0.3, -0.25) is 10.2 Å². The third-order valence-electron chi connectivity index (χ3n) is 0.103. The third-order valence-corrected chi connectivity index (χ3v) is 0.193. The van der Waals surface area contributed by atoms with Crippen molar-refractivity contribution in [3.05, 3.63) is 0 Å². The molecule has 0 aromatic rings. The molecule has 0 aliphatic carbocycles. The van der Waals surface area contributed by atoms with Crippen LogP contribution in [0.15, 0.2) is 0 Å². The van der Waals surface area contributed by atoms with Gasteiger partial charge >= 0.3 is 0 Å². The SMILES string of the molecule is N=C(Cl)C=O. The van der Waals surface area contributed by atoms with Gasteiger partial charge in [0.1, 0.15) is 0 Å². The molecule has 0 bridgehead atoms. The predicted octanol–water partition coefficient (Wildman–Crippen LogP) is 0.401. The number of aldehydes is 1. The molecular weight excluding hydrogens is 89.5 g/mol. The van der Waals surface area contributed by atoms with Gasteiger partial charge in [0.15, 0.2) is 11.5 Å². The zero-order valence-electron chi connectivity index (χ0n) is 2.36. The molecule has 0 unspecified atom stereocenters. The summed E-state index contributed by atoms with van der Waals surface area (Å²) < 4.78 is 0. The third kappa shape index (κ3) is 3.63. The minimum absolute atomic E-state index is 0.265. The molecular formula is C2H2ClNO. The average molecular weight is 91.5 g/mol. The Labute approximate surface area is 34.3 Å². The van der Waals surface area contributed by atoms with E-state index in [0.29, 0.717) is 0 Å². The first kappa shape index (κ1) is 4.63. The largest absolute Gasteiger partial charge is 0.295 e. The topological polar surface area (TPSA) is 40.9 Å². The van der Waals surface area contributed by atoms with Gasteiger partial charge in [0.2, 0.25) is 0 Å². The van der Waals surface area contributed by atoms with E-state index in [2.05, 4.69) is 11.6 Å². The molecule has 0 aliphatic rings. The van der Waals surface area contributed by atoms with E-state index >= 15 is 0 Å². The van der Waals surface area contributed by atoms with E-state index in [0.717, 1.165) is 0 Å². The molecule has 0 spiro atoms. The molecule has 3 heteroatoms. The Bertz CT molecular complexity index is 60.7. The van der Waals surface area contributed by atoms with Crippen LogP contribution in [0.5, 0.6) is 0 Å². The second kappa shape index (κ2) is 1.91. The molecule has 0 saturated carbocycles. The number of carbonyl (C=O) groups excluding carboxylic acids is 1. The van der Waals surface area contributed by atoms with Gasteiger partial charge in [0.25, 0.3) is 0 Å². The predicted molar refractivity (Wildman–Crippen MR) is 19.6 cm³/mol. The molecule has 5 heavy (non-hydrogen) atoms. The van der Waals surface area contributed by atoms with E-state index < -0.39 is 5.17 Å². The van der Waals surface area contributed by atoms with E-state index in [1.54, 1.807) is 0 Å². The average Bonchev–Trinajstić information content (AvgIpc) is 1.38. The summed E-state index contributed by atoms with van der Waals surface area (Å²) >= 11 is 4.68. The lowest BCUT2D eigenvalue weighted by Crippen LogP contribution is -1.78. The summed E-state index contributed by atoms with van der Waals surface area (Å²) in [6, 6.07) is 0. The minimum Gasteiger partial charge on any atom is -0.295 e. The summed E-state index contributed by atoms with van der Waals surface area (Å²) in [5.41, 5.74) is 0. The van der Waals surface area contributed by atoms with Gasteiger partial charge in [-0.15, -0.1) is 0 Å². The number of hydrogen-bond acceptors (Lipinski definition) is 2. The van der Waals surface area contributed by atoms with Crippen LogP contribution in [0.2, 0.25) is 0 Å². The van der Waals surface area contributed by atoms with E-state index in [-0.39, 0.29) is 6.29 Å². The van der Waals surface area contributed by atoms with Gasteiger partial charge in [-0.05, 0) is 0 Å². The maximum atomic E-state index is 9.15. The van der Waals surface area contributed by atoms with Crippen LogP contribution in [0.3, 0.4) is 0 Å². The van der Waals surface area contributed by atoms with Crippen molar-refractivity contribution in [2.45, 2.75) is 0 Å². The summed E-state index contributed by atoms with van der Waals surface area (Å²) in [5, 5.41) is 5.69. The number of carbonyl (C=O) groups is 1. The van der Waals surface area contributed by atoms with E-state index in [1.165, 1.54) is 0 Å². The molecule has 0 aromatic heterocycles. The first-order chi connectivity index (χ1) is 2.27. The van der Waals surface area contributed by atoms with Crippen LogP contribution < -0.4 is 0 Å². The summed E-state index contributed by atoms with van der Waals surface area (Å²) in [4.78, 5) is 9.15. The van der Waals surface area contributed by atoms with Crippen molar-refractivity contribution < 1.29 is 4.79 Å². The molecule has 0 heterocycles. The molecule has 28 valence electrons. The van der Waals surface area contributed by atoms with Crippen molar-refractivity contribution in [2.75, 3.05) is 0 Å². The molecule has 0 amide bonds. The highest BCUT2D eigenvalue weighted by Crippen LogP contribution is 1.67. The summed E-state index contributed by atoms with van der Waals surface area (Å²) in [6.07, 6.45) is 0.265. The van der Waals surface area contributed by atoms with Crippen molar-refractivity contribution in [2.24, 2.45) is 0 Å². The smallest absolute Gasteiger partial charge is 0.179 e. The van der Waals surface area contributed by atoms with Gasteiger partial charge in [-0.2, -0.15) is 0 Å². The van der Waals surface area contributed by atoms with Gasteiger partial charge in [0, 0.05) is 0 Å². The Morgan fingerprint density at radius 1 is 2.00 bits per heavy atom. The zero-order chi connectivity index (χ0) is 4.28. The van der Waals surface area contributed by atoms with E-state index in [1.807, 2.05) is 0 Å². The Hall–Kier alpha value is -0.370. The molecule has 0 aliphatic heterocycles. The number of rotatable bonds is 1. The van der Waals surface area contributed by atoms with Crippen molar-refractivity contribution in [1.82, 2.24) is 0 Å². The maximum Gasteiger partial charge on any atom is 0.179 e. The summed E-state index contributed by atoms with van der Waals surface area (Å²) in [5.74, 6) is 0. The highest BCUT2D eigenvalue weighted by Gasteiger charge is 1.73. The van der Waals surface area contributed by atoms with Gasteiger partial charge < -0.3 is 0 Å². The summed E-state index contributed by atoms with van der Waals surface area (Å²) in [7, 11) is 0. The molecule has 0 fully saturated rings. The highest BCUT2D eigenvalue weighted by atomic mass is 35.5. The van der Waals surface area contributed by atoms with Crippen molar-refractivity contribution in [3.63, 3.8) is 0 Å². The second-order valence-corrected chi connectivity index (χ2v) is 0.873. The number of halogens is 1. The number of hydrogen-bond donors (Lipinski definition) is 1. The molecule has 1 N–H and O–H groups in total. The van der Waals surface area contributed by atoms with Crippen LogP contribution in [0.25, 0.3) is 0 Å². The quantitative estimate of drug-likeness (QED) is 0.368. The monoisotopic (exact) mass is 91.0 g/mol. The fourth-order valence-electron chi connectivity index (χ4n) is 0. The molecule has 0 rings (SSSR count). The second-order valence-electron chi connectivity index (χ2n) is 0.466. The van der Waals surface area contributed by atoms with Gasteiger partial charge in [0.05, 0.1) is 0 Å². The van der Waals surface area contributed by atoms with Crippen molar-refractivity contribution in [3.8, 4) is 0 Å². The van der Waals surface area contributed by atoms with Crippen LogP contribution in [-0.4, -0.2) is 11.5 Å². The lowest BCUT2D eigenvalue weighted by molar-refractivity contribution is -0.102. The zero-order valence-corrected chi connectivity index (χ0v) is 3.12. The molecule has 2 nitrogen and oxygen atoms in total.